The molecule has 0 aromatic heterocycles. The Balaban J connectivity index is 1.71. The SMILES string of the molecule is COc1cc2c(cc1OC)C1CCC2C=C(c2ccc(C(C)(C)C)cc2)C1. The van der Waals surface area contributed by atoms with E-state index < -0.39 is 0 Å². The van der Waals surface area contributed by atoms with E-state index in [0.29, 0.717) is 11.8 Å². The highest BCUT2D eigenvalue weighted by Crippen LogP contribution is 2.51. The summed E-state index contributed by atoms with van der Waals surface area (Å²) < 4.78 is 11.1. The molecule has 0 amide bonds. The van der Waals surface area contributed by atoms with Gasteiger partial charge in [-0.05, 0) is 70.6 Å². The molecule has 0 saturated carbocycles. The van der Waals surface area contributed by atoms with Gasteiger partial charge in [-0.3, -0.25) is 0 Å². The van der Waals surface area contributed by atoms with Crippen molar-refractivity contribution < 1.29 is 9.47 Å². The normalized spacial score (nSPS) is 21.3. The van der Waals surface area contributed by atoms with Gasteiger partial charge in [0.05, 0.1) is 14.2 Å². The van der Waals surface area contributed by atoms with Crippen molar-refractivity contribution in [2.24, 2.45) is 0 Å². The predicted molar refractivity (Wildman–Crippen MR) is 112 cm³/mol. The van der Waals surface area contributed by atoms with Crippen LogP contribution in [0.25, 0.3) is 5.57 Å². The van der Waals surface area contributed by atoms with Crippen molar-refractivity contribution in [2.45, 2.75) is 57.3 Å². The Morgan fingerprint density at radius 1 is 0.852 bits per heavy atom. The summed E-state index contributed by atoms with van der Waals surface area (Å²) in [5, 5.41) is 0. The van der Waals surface area contributed by atoms with E-state index in [4.69, 9.17) is 9.47 Å². The lowest BCUT2D eigenvalue weighted by Crippen LogP contribution is -2.11. The Kier molecular flexibility index (Phi) is 4.53. The first-order valence-corrected chi connectivity index (χ1v) is 9.98. The summed E-state index contributed by atoms with van der Waals surface area (Å²) in [5.74, 6) is 2.72. The van der Waals surface area contributed by atoms with E-state index in [0.717, 1.165) is 17.9 Å². The van der Waals surface area contributed by atoms with E-state index in [1.54, 1.807) is 14.2 Å². The van der Waals surface area contributed by atoms with Crippen molar-refractivity contribution in [1.29, 1.82) is 0 Å². The van der Waals surface area contributed by atoms with Crippen molar-refractivity contribution in [3.05, 3.63) is 64.7 Å². The van der Waals surface area contributed by atoms with Gasteiger partial charge in [0.2, 0.25) is 0 Å². The van der Waals surface area contributed by atoms with Crippen LogP contribution in [-0.4, -0.2) is 14.2 Å². The Labute approximate surface area is 163 Å². The Morgan fingerprint density at radius 3 is 2.07 bits per heavy atom. The third-order valence-corrected chi connectivity index (χ3v) is 6.25. The maximum Gasteiger partial charge on any atom is 0.161 e. The van der Waals surface area contributed by atoms with Crippen LogP contribution in [-0.2, 0) is 5.41 Å². The third kappa shape index (κ3) is 3.26. The standard InChI is InChI=1S/C25H30O2/c1-25(2,3)20-10-8-16(9-11-20)19-12-17-6-7-18(13-19)22-15-24(27-5)23(26-4)14-21(17)22/h8-12,14-15,17-18H,6-7,13H2,1-5H3. The average molecular weight is 363 g/mol. The van der Waals surface area contributed by atoms with Crippen LogP contribution in [0.3, 0.4) is 0 Å². The van der Waals surface area contributed by atoms with E-state index >= 15 is 0 Å². The fraction of sp³-hybridized carbons (Fsp3) is 0.440. The van der Waals surface area contributed by atoms with Gasteiger partial charge in [-0.15, -0.1) is 0 Å². The van der Waals surface area contributed by atoms with Crippen LogP contribution in [0.2, 0.25) is 0 Å². The van der Waals surface area contributed by atoms with Crippen molar-refractivity contribution in [1.82, 2.24) is 0 Å². The molecule has 142 valence electrons. The maximum atomic E-state index is 5.57. The molecule has 0 N–H and O–H groups in total. The molecule has 0 fully saturated rings. The number of allylic oxidation sites excluding steroid dienone is 2. The first-order chi connectivity index (χ1) is 12.9. The minimum atomic E-state index is 0.193. The van der Waals surface area contributed by atoms with E-state index in [-0.39, 0.29) is 5.41 Å². The van der Waals surface area contributed by atoms with Crippen molar-refractivity contribution in [3.8, 4) is 11.5 Å². The molecule has 0 heterocycles. The third-order valence-electron chi connectivity index (χ3n) is 6.25. The van der Waals surface area contributed by atoms with Crippen LogP contribution in [0.15, 0.2) is 42.5 Å². The molecule has 2 unspecified atom stereocenters. The van der Waals surface area contributed by atoms with Crippen LogP contribution in [0, 0.1) is 0 Å². The molecular formula is C25H30O2. The summed E-state index contributed by atoms with van der Waals surface area (Å²) in [6.45, 7) is 6.81. The van der Waals surface area contributed by atoms with Gasteiger partial charge < -0.3 is 9.47 Å². The highest BCUT2D eigenvalue weighted by Gasteiger charge is 2.32. The number of benzene rings is 2. The minimum Gasteiger partial charge on any atom is -0.493 e. The van der Waals surface area contributed by atoms with Gasteiger partial charge in [0, 0.05) is 5.92 Å². The Bertz CT molecular complexity index is 868. The summed E-state index contributed by atoms with van der Waals surface area (Å²) in [6.07, 6.45) is 6.07. The average Bonchev–Trinajstić information content (AvgIpc) is 2.97. The smallest absolute Gasteiger partial charge is 0.161 e. The highest BCUT2D eigenvalue weighted by atomic mass is 16.5. The summed E-state index contributed by atoms with van der Waals surface area (Å²) in [5.41, 5.74) is 7.30. The Morgan fingerprint density at radius 2 is 1.48 bits per heavy atom. The fourth-order valence-electron chi connectivity index (χ4n) is 4.64. The van der Waals surface area contributed by atoms with Gasteiger partial charge in [0.25, 0.3) is 0 Å². The quantitative estimate of drug-likeness (QED) is 0.624. The molecule has 0 spiro atoms. The van der Waals surface area contributed by atoms with Crippen LogP contribution >= 0.6 is 0 Å². The van der Waals surface area contributed by atoms with Gasteiger partial charge in [-0.1, -0.05) is 51.1 Å². The van der Waals surface area contributed by atoms with Gasteiger partial charge in [-0.2, -0.15) is 0 Å². The second-order valence-electron chi connectivity index (χ2n) is 8.94. The first-order valence-electron chi connectivity index (χ1n) is 9.98. The fourth-order valence-corrected chi connectivity index (χ4v) is 4.64. The summed E-state index contributed by atoms with van der Waals surface area (Å²) in [6, 6.07) is 13.6. The highest BCUT2D eigenvalue weighted by molar-refractivity contribution is 5.70. The summed E-state index contributed by atoms with van der Waals surface area (Å²) in [4.78, 5) is 0. The van der Waals surface area contributed by atoms with E-state index in [1.807, 2.05) is 0 Å². The van der Waals surface area contributed by atoms with Gasteiger partial charge in [0.1, 0.15) is 0 Å². The largest absolute Gasteiger partial charge is 0.493 e. The van der Waals surface area contributed by atoms with Crippen molar-refractivity contribution in [2.75, 3.05) is 14.2 Å². The zero-order valence-electron chi connectivity index (χ0n) is 17.1. The lowest BCUT2D eigenvalue weighted by atomic mass is 9.77. The van der Waals surface area contributed by atoms with E-state index in [1.165, 1.54) is 40.7 Å². The second kappa shape index (κ2) is 6.74. The van der Waals surface area contributed by atoms with Gasteiger partial charge in [0.15, 0.2) is 11.5 Å². The van der Waals surface area contributed by atoms with Crippen LogP contribution in [0.1, 0.15) is 74.1 Å². The molecule has 2 aromatic carbocycles. The molecule has 2 nitrogen and oxygen atoms in total. The number of rotatable bonds is 3. The molecule has 2 atom stereocenters. The molecule has 2 heteroatoms. The molecule has 0 aliphatic heterocycles. The minimum absolute atomic E-state index is 0.193. The summed E-state index contributed by atoms with van der Waals surface area (Å²) in [7, 11) is 3.44. The van der Waals surface area contributed by atoms with E-state index in [2.05, 4.69) is 63.2 Å². The zero-order chi connectivity index (χ0) is 19.2. The van der Waals surface area contributed by atoms with Crippen LogP contribution in [0.5, 0.6) is 11.5 Å². The number of methoxy groups -OCH3 is 2. The first kappa shape index (κ1) is 18.2. The molecule has 0 saturated heterocycles. The molecule has 0 radical (unpaired) electrons. The molecule has 3 aliphatic rings. The predicted octanol–water partition coefficient (Wildman–Crippen LogP) is 6.45. The van der Waals surface area contributed by atoms with Crippen molar-refractivity contribution in [3.63, 3.8) is 0 Å². The molecule has 5 rings (SSSR count). The number of hydrogen-bond donors (Lipinski definition) is 0. The second-order valence-corrected chi connectivity index (χ2v) is 8.94. The van der Waals surface area contributed by atoms with Crippen LogP contribution in [0.4, 0.5) is 0 Å². The topological polar surface area (TPSA) is 18.5 Å². The molecule has 27 heavy (non-hydrogen) atoms. The van der Waals surface area contributed by atoms with E-state index in [9.17, 15) is 0 Å². The summed E-state index contributed by atoms with van der Waals surface area (Å²) >= 11 is 0. The number of hydrogen-bond acceptors (Lipinski definition) is 2. The molecular weight excluding hydrogens is 332 g/mol. The zero-order valence-corrected chi connectivity index (χ0v) is 17.1. The van der Waals surface area contributed by atoms with Crippen LogP contribution < -0.4 is 9.47 Å². The van der Waals surface area contributed by atoms with Gasteiger partial charge in [-0.25, -0.2) is 0 Å². The molecule has 2 aromatic rings. The van der Waals surface area contributed by atoms with Gasteiger partial charge >= 0.3 is 0 Å². The molecule has 2 bridgehead atoms. The monoisotopic (exact) mass is 362 g/mol. The van der Waals surface area contributed by atoms with Crippen molar-refractivity contribution >= 4 is 5.57 Å². The Hall–Kier alpha value is -2.22. The maximum absolute atomic E-state index is 5.57. The number of ether oxygens (including phenoxy) is 2. The lowest BCUT2D eigenvalue weighted by Gasteiger charge is -2.28. The number of fused-ring (bicyclic) bond motifs is 2. The molecule has 3 aliphatic carbocycles. The lowest BCUT2D eigenvalue weighted by molar-refractivity contribution is 0.352.